The van der Waals surface area contributed by atoms with Gasteiger partial charge in [0.05, 0.1) is 10.5 Å². The van der Waals surface area contributed by atoms with E-state index in [2.05, 4.69) is 0 Å². The fourth-order valence-electron chi connectivity index (χ4n) is 0.821. The first-order valence-electron chi connectivity index (χ1n) is 3.25. The van der Waals surface area contributed by atoms with Crippen molar-refractivity contribution in [2.75, 3.05) is 0 Å². The minimum Gasteiger partial charge on any atom is -0.768 e. The number of rotatable bonds is 2. The fraction of sp³-hybridized carbons (Fsp3) is 0. The van der Waals surface area contributed by atoms with Crippen molar-refractivity contribution in [3.8, 4) is 0 Å². The minimum absolute atomic E-state index is 0.217. The maximum atomic E-state index is 12.7. The molecule has 0 heterocycles. The van der Waals surface area contributed by atoms with Gasteiger partial charge in [0.2, 0.25) is 0 Å². The van der Waals surface area contributed by atoms with Gasteiger partial charge in [-0.2, -0.15) is 0 Å². The summed E-state index contributed by atoms with van der Waals surface area (Å²) < 4.78 is 46.1. The van der Waals surface area contributed by atoms with E-state index >= 15 is 0 Å². The molecule has 0 amide bonds. The van der Waals surface area contributed by atoms with Crippen LogP contribution < -0.4 is 0 Å². The number of hydrogen-bond donors (Lipinski definition) is 1. The molecule has 0 aromatic heterocycles. The van der Waals surface area contributed by atoms with Crippen molar-refractivity contribution in [2.24, 2.45) is 0 Å². The standard InChI is InChI=1S/C7H4F2O4S/c8-4-2-5(9)6(14(12)13)1-3(4)7(10)11/h1-2H,(H,10,11)(H,12,13)/p-1. The molecule has 0 spiro atoms. The third-order valence-corrected chi connectivity index (χ3v) is 2.10. The molecule has 0 aliphatic rings. The molecule has 1 aromatic carbocycles. The SMILES string of the molecule is O=C(O)c1cc(S(=O)[O-])c(F)cc1F. The fourth-order valence-corrected chi connectivity index (χ4v) is 1.25. The first-order chi connectivity index (χ1) is 6.43. The van der Waals surface area contributed by atoms with Gasteiger partial charge in [0.15, 0.2) is 0 Å². The molecule has 4 nitrogen and oxygen atoms in total. The third kappa shape index (κ3) is 1.94. The zero-order valence-corrected chi connectivity index (χ0v) is 7.31. The van der Waals surface area contributed by atoms with E-state index in [4.69, 9.17) is 5.11 Å². The predicted molar refractivity (Wildman–Crippen MR) is 40.5 cm³/mol. The van der Waals surface area contributed by atoms with Gasteiger partial charge in [-0.1, -0.05) is 0 Å². The molecule has 0 aliphatic heterocycles. The molecular weight excluding hydrogens is 218 g/mol. The zero-order valence-electron chi connectivity index (χ0n) is 6.49. The van der Waals surface area contributed by atoms with Crippen molar-refractivity contribution in [1.29, 1.82) is 0 Å². The molecule has 0 saturated carbocycles. The van der Waals surface area contributed by atoms with Gasteiger partial charge in [-0.15, -0.1) is 0 Å². The largest absolute Gasteiger partial charge is 0.768 e. The molecule has 1 aromatic rings. The molecule has 1 atom stereocenters. The minimum atomic E-state index is -2.93. The van der Waals surface area contributed by atoms with Gasteiger partial charge in [-0.05, 0) is 17.1 Å². The summed E-state index contributed by atoms with van der Waals surface area (Å²) in [5.74, 6) is -4.29. The number of benzene rings is 1. The molecule has 1 unspecified atom stereocenters. The lowest BCUT2D eigenvalue weighted by Gasteiger charge is -2.07. The quantitative estimate of drug-likeness (QED) is 0.752. The molecule has 0 saturated heterocycles. The lowest BCUT2D eigenvalue weighted by atomic mass is 10.2. The second-order valence-corrected chi connectivity index (χ2v) is 3.21. The Hall–Kier alpha value is -1.34. The number of carbonyl (C=O) groups is 1. The van der Waals surface area contributed by atoms with Crippen molar-refractivity contribution < 1.29 is 27.4 Å². The maximum Gasteiger partial charge on any atom is 0.338 e. The highest BCUT2D eigenvalue weighted by Crippen LogP contribution is 2.17. The summed E-state index contributed by atoms with van der Waals surface area (Å²) in [5.41, 5.74) is -0.884. The van der Waals surface area contributed by atoms with Crippen molar-refractivity contribution >= 4 is 17.0 Å². The van der Waals surface area contributed by atoms with Gasteiger partial charge < -0.3 is 9.66 Å². The Balaban J connectivity index is 3.42. The Morgan fingerprint density at radius 2 is 1.93 bits per heavy atom. The summed E-state index contributed by atoms with van der Waals surface area (Å²) in [6.45, 7) is 0. The lowest BCUT2D eigenvalue weighted by Crippen LogP contribution is -2.04. The highest BCUT2D eigenvalue weighted by molar-refractivity contribution is 7.79. The topological polar surface area (TPSA) is 77.4 Å². The van der Waals surface area contributed by atoms with E-state index in [0.29, 0.717) is 6.07 Å². The van der Waals surface area contributed by atoms with Gasteiger partial charge in [0.1, 0.15) is 11.6 Å². The van der Waals surface area contributed by atoms with Gasteiger partial charge in [-0.25, -0.2) is 13.6 Å². The average molecular weight is 221 g/mol. The first kappa shape index (κ1) is 10.7. The summed E-state index contributed by atoms with van der Waals surface area (Å²) in [4.78, 5) is 9.47. The average Bonchev–Trinajstić information content (AvgIpc) is 2.02. The van der Waals surface area contributed by atoms with E-state index in [-0.39, 0.29) is 6.07 Å². The van der Waals surface area contributed by atoms with Crippen molar-refractivity contribution in [3.05, 3.63) is 29.3 Å². The highest BCUT2D eigenvalue weighted by Gasteiger charge is 2.15. The van der Waals surface area contributed by atoms with E-state index in [0.717, 1.165) is 0 Å². The van der Waals surface area contributed by atoms with Crippen molar-refractivity contribution in [1.82, 2.24) is 0 Å². The molecule has 14 heavy (non-hydrogen) atoms. The number of aromatic carboxylic acids is 1. The normalized spacial score (nSPS) is 12.5. The number of hydrogen-bond acceptors (Lipinski definition) is 3. The van der Waals surface area contributed by atoms with Crippen molar-refractivity contribution in [2.45, 2.75) is 4.90 Å². The zero-order chi connectivity index (χ0) is 10.9. The van der Waals surface area contributed by atoms with Crippen LogP contribution in [0.4, 0.5) is 8.78 Å². The Morgan fingerprint density at radius 3 is 2.36 bits per heavy atom. The first-order valence-corrected chi connectivity index (χ1v) is 4.32. The molecule has 0 aliphatic carbocycles. The molecular formula is C7H3F2O4S-. The van der Waals surface area contributed by atoms with Gasteiger partial charge in [0, 0.05) is 6.07 Å². The van der Waals surface area contributed by atoms with E-state index < -0.39 is 39.1 Å². The Bertz CT molecular complexity index is 383. The van der Waals surface area contributed by atoms with E-state index in [1.165, 1.54) is 0 Å². The summed E-state index contributed by atoms with van der Waals surface area (Å²) in [6.07, 6.45) is 0. The molecule has 76 valence electrons. The Morgan fingerprint density at radius 1 is 1.36 bits per heavy atom. The number of carboxylic acids is 1. The van der Waals surface area contributed by atoms with Crippen LogP contribution in [0.2, 0.25) is 0 Å². The molecule has 7 heteroatoms. The van der Waals surface area contributed by atoms with Crippen LogP contribution in [0.3, 0.4) is 0 Å². The van der Waals surface area contributed by atoms with Crippen LogP contribution in [0.25, 0.3) is 0 Å². The number of carboxylic acid groups (broad SMARTS) is 1. The molecule has 1 N–H and O–H groups in total. The van der Waals surface area contributed by atoms with Crippen molar-refractivity contribution in [3.63, 3.8) is 0 Å². The third-order valence-electron chi connectivity index (χ3n) is 1.43. The van der Waals surface area contributed by atoms with Crippen LogP contribution in [0.15, 0.2) is 17.0 Å². The van der Waals surface area contributed by atoms with Crippen LogP contribution in [0.5, 0.6) is 0 Å². The second-order valence-electron chi connectivity index (χ2n) is 2.30. The number of halogens is 2. The van der Waals surface area contributed by atoms with Gasteiger partial charge in [-0.3, -0.25) is 4.21 Å². The molecule has 0 bridgehead atoms. The van der Waals surface area contributed by atoms with Gasteiger partial charge >= 0.3 is 5.97 Å². The lowest BCUT2D eigenvalue weighted by molar-refractivity contribution is 0.0691. The van der Waals surface area contributed by atoms with Crippen LogP contribution >= 0.6 is 0 Å². The smallest absolute Gasteiger partial charge is 0.338 e. The maximum absolute atomic E-state index is 12.7. The summed E-state index contributed by atoms with van der Waals surface area (Å²) in [5, 5.41) is 8.40. The van der Waals surface area contributed by atoms with E-state index in [1.54, 1.807) is 0 Å². The van der Waals surface area contributed by atoms with E-state index in [1.807, 2.05) is 0 Å². The summed E-state index contributed by atoms with van der Waals surface area (Å²) in [6, 6.07) is 0.644. The highest BCUT2D eigenvalue weighted by atomic mass is 32.2. The molecule has 0 radical (unpaired) electrons. The van der Waals surface area contributed by atoms with Crippen LogP contribution in [0.1, 0.15) is 10.4 Å². The van der Waals surface area contributed by atoms with E-state index in [9.17, 15) is 22.3 Å². The van der Waals surface area contributed by atoms with Gasteiger partial charge in [0.25, 0.3) is 0 Å². The summed E-state index contributed by atoms with van der Waals surface area (Å²) >= 11 is -2.93. The van der Waals surface area contributed by atoms with Crippen LogP contribution in [0, 0.1) is 11.6 Å². The Kier molecular flexibility index (Phi) is 2.92. The summed E-state index contributed by atoms with van der Waals surface area (Å²) in [7, 11) is 0. The monoisotopic (exact) mass is 221 g/mol. The van der Waals surface area contributed by atoms with Crippen LogP contribution in [-0.4, -0.2) is 19.8 Å². The molecule has 1 rings (SSSR count). The Labute approximate surface area is 79.5 Å². The van der Waals surface area contributed by atoms with Crippen LogP contribution in [-0.2, 0) is 11.1 Å². The second kappa shape index (κ2) is 3.81. The predicted octanol–water partition coefficient (Wildman–Crippen LogP) is 0.901. The molecule has 0 fully saturated rings.